The number of pyridine rings is 1. The second-order valence-electron chi connectivity index (χ2n) is 6.36. The number of carbonyl (C=O) groups excluding carboxylic acids is 1. The molecule has 0 unspecified atom stereocenters. The molecule has 0 aliphatic carbocycles. The number of carbonyl (C=O) groups is 1. The normalized spacial score (nSPS) is 13.6. The third-order valence-corrected chi connectivity index (χ3v) is 4.57. The molecule has 1 N–H and O–H groups in total. The highest BCUT2D eigenvalue weighted by atomic mass is 16.5. The van der Waals surface area contributed by atoms with Gasteiger partial charge in [-0.1, -0.05) is 5.16 Å². The van der Waals surface area contributed by atoms with Crippen LogP contribution < -0.4 is 15.0 Å². The summed E-state index contributed by atoms with van der Waals surface area (Å²) >= 11 is 0. The maximum Gasteiger partial charge on any atom is 0.258 e. The highest BCUT2D eigenvalue weighted by Gasteiger charge is 2.15. The van der Waals surface area contributed by atoms with Gasteiger partial charge in [-0.25, -0.2) is 4.98 Å². The molecule has 0 radical (unpaired) electrons. The summed E-state index contributed by atoms with van der Waals surface area (Å²) in [5.41, 5.74) is 1.97. The van der Waals surface area contributed by atoms with E-state index in [4.69, 9.17) is 9.26 Å². The van der Waals surface area contributed by atoms with Crippen molar-refractivity contribution in [1.82, 2.24) is 10.1 Å². The summed E-state index contributed by atoms with van der Waals surface area (Å²) in [7, 11) is 1.58. The van der Waals surface area contributed by atoms with Gasteiger partial charge in [-0.3, -0.25) is 10.1 Å². The topological polar surface area (TPSA) is 80.5 Å². The number of benzene rings is 1. The first-order valence-corrected chi connectivity index (χ1v) is 8.86. The molecule has 27 heavy (non-hydrogen) atoms. The molecule has 138 valence electrons. The number of hydrogen-bond donors (Lipinski definition) is 1. The number of rotatable bonds is 5. The summed E-state index contributed by atoms with van der Waals surface area (Å²) in [6.07, 6.45) is 4.20. The van der Waals surface area contributed by atoms with Crippen molar-refractivity contribution < 1.29 is 14.1 Å². The molecule has 0 saturated carbocycles. The van der Waals surface area contributed by atoms with Crippen molar-refractivity contribution in [2.75, 3.05) is 30.4 Å². The monoisotopic (exact) mass is 364 g/mol. The smallest absolute Gasteiger partial charge is 0.258 e. The number of anilines is 2. The molecule has 1 aromatic carbocycles. The van der Waals surface area contributed by atoms with Gasteiger partial charge in [-0.15, -0.1) is 0 Å². The molecule has 1 aliphatic rings. The van der Waals surface area contributed by atoms with Crippen molar-refractivity contribution in [3.63, 3.8) is 0 Å². The van der Waals surface area contributed by atoms with Crippen molar-refractivity contribution in [2.45, 2.75) is 12.8 Å². The van der Waals surface area contributed by atoms with Gasteiger partial charge in [0.25, 0.3) is 5.91 Å². The van der Waals surface area contributed by atoms with E-state index in [1.54, 1.807) is 43.6 Å². The Morgan fingerprint density at radius 1 is 1.15 bits per heavy atom. The van der Waals surface area contributed by atoms with Gasteiger partial charge < -0.3 is 14.2 Å². The molecule has 7 heteroatoms. The molecule has 7 nitrogen and oxygen atoms in total. The largest absolute Gasteiger partial charge is 0.497 e. The summed E-state index contributed by atoms with van der Waals surface area (Å²) in [6.45, 7) is 2.11. The Labute approximate surface area is 156 Å². The molecule has 0 spiro atoms. The van der Waals surface area contributed by atoms with Crippen molar-refractivity contribution in [3.8, 4) is 17.0 Å². The van der Waals surface area contributed by atoms with Crippen LogP contribution in [0.3, 0.4) is 0 Å². The predicted octanol–water partition coefficient (Wildman–Crippen LogP) is 3.60. The summed E-state index contributed by atoms with van der Waals surface area (Å²) in [5.74, 6) is 1.68. The van der Waals surface area contributed by atoms with Crippen LogP contribution in [0.5, 0.6) is 5.75 Å². The number of nitrogens with zero attached hydrogens (tertiary/aromatic N) is 3. The maximum atomic E-state index is 12.3. The fourth-order valence-corrected chi connectivity index (χ4v) is 3.07. The van der Waals surface area contributed by atoms with E-state index >= 15 is 0 Å². The molecule has 0 atom stereocenters. The number of ether oxygens (including phenoxy) is 1. The van der Waals surface area contributed by atoms with E-state index in [0.717, 1.165) is 24.5 Å². The average Bonchev–Trinajstić information content (AvgIpc) is 3.40. The lowest BCUT2D eigenvalue weighted by atomic mass is 10.2. The van der Waals surface area contributed by atoms with Gasteiger partial charge in [0.05, 0.1) is 7.11 Å². The van der Waals surface area contributed by atoms with Crippen LogP contribution in [0, 0.1) is 0 Å². The van der Waals surface area contributed by atoms with Crippen molar-refractivity contribution in [2.24, 2.45) is 0 Å². The molecule has 1 aliphatic heterocycles. The minimum atomic E-state index is -0.275. The van der Waals surface area contributed by atoms with Crippen LogP contribution in [-0.4, -0.2) is 36.2 Å². The van der Waals surface area contributed by atoms with Crippen LogP contribution in [-0.2, 0) is 0 Å². The molecule has 2 aromatic heterocycles. The maximum absolute atomic E-state index is 12.3. The minimum Gasteiger partial charge on any atom is -0.497 e. The van der Waals surface area contributed by atoms with Gasteiger partial charge in [-0.2, -0.15) is 0 Å². The van der Waals surface area contributed by atoms with Gasteiger partial charge in [0, 0.05) is 36.5 Å². The Morgan fingerprint density at radius 2 is 1.93 bits per heavy atom. The van der Waals surface area contributed by atoms with E-state index < -0.39 is 0 Å². The lowest BCUT2D eigenvalue weighted by molar-refractivity contribution is 0.102. The predicted molar refractivity (Wildman–Crippen MR) is 102 cm³/mol. The zero-order chi connectivity index (χ0) is 18.6. The second-order valence-corrected chi connectivity index (χ2v) is 6.36. The third-order valence-electron chi connectivity index (χ3n) is 4.57. The lowest BCUT2D eigenvalue weighted by Gasteiger charge is -2.15. The molecule has 0 bridgehead atoms. The Hall–Kier alpha value is -3.35. The zero-order valence-electron chi connectivity index (χ0n) is 15.0. The number of amides is 1. The molecule has 3 heterocycles. The summed E-state index contributed by atoms with van der Waals surface area (Å²) in [4.78, 5) is 19.1. The van der Waals surface area contributed by atoms with Crippen LogP contribution >= 0.6 is 0 Å². The van der Waals surface area contributed by atoms with Crippen molar-refractivity contribution in [3.05, 3.63) is 54.2 Å². The van der Waals surface area contributed by atoms with Crippen LogP contribution in [0.15, 0.2) is 53.2 Å². The first-order chi connectivity index (χ1) is 13.2. The van der Waals surface area contributed by atoms with Gasteiger partial charge in [-0.05, 0) is 49.2 Å². The molecular formula is C20H20N4O3. The highest BCUT2D eigenvalue weighted by molar-refractivity contribution is 6.03. The van der Waals surface area contributed by atoms with Crippen molar-refractivity contribution >= 4 is 17.6 Å². The Balaban J connectivity index is 1.43. The molecule has 4 rings (SSSR count). The number of aromatic nitrogens is 2. The van der Waals surface area contributed by atoms with Gasteiger partial charge >= 0.3 is 0 Å². The van der Waals surface area contributed by atoms with E-state index in [1.807, 2.05) is 12.1 Å². The standard InChI is InChI=1S/C20H20N4O3/c1-26-16-7-4-14(5-8-16)20(25)22-19-12-17(23-27-19)15-6-9-18(21-13-15)24-10-2-3-11-24/h4-9,12-13H,2-3,10-11H2,1H3,(H,22,25). The van der Waals surface area contributed by atoms with Gasteiger partial charge in [0.15, 0.2) is 0 Å². The number of methoxy groups -OCH3 is 1. The first-order valence-electron chi connectivity index (χ1n) is 8.86. The number of nitrogens with one attached hydrogen (secondary N) is 1. The van der Waals surface area contributed by atoms with E-state index in [1.165, 1.54) is 12.8 Å². The second kappa shape index (κ2) is 7.49. The third kappa shape index (κ3) is 3.76. The zero-order valence-corrected chi connectivity index (χ0v) is 15.0. The molecule has 1 saturated heterocycles. The summed E-state index contributed by atoms with van der Waals surface area (Å²) in [6, 6.07) is 12.5. The summed E-state index contributed by atoms with van der Waals surface area (Å²) in [5, 5.41) is 6.73. The fraction of sp³-hybridized carbons (Fsp3) is 0.250. The Kier molecular flexibility index (Phi) is 4.74. The minimum absolute atomic E-state index is 0.275. The average molecular weight is 364 g/mol. The first kappa shape index (κ1) is 17.1. The highest BCUT2D eigenvalue weighted by Crippen LogP contribution is 2.24. The quantitative estimate of drug-likeness (QED) is 0.745. The molecular weight excluding hydrogens is 344 g/mol. The van der Waals surface area contributed by atoms with Crippen LogP contribution in [0.2, 0.25) is 0 Å². The van der Waals surface area contributed by atoms with E-state index in [2.05, 4.69) is 20.4 Å². The van der Waals surface area contributed by atoms with Crippen molar-refractivity contribution in [1.29, 1.82) is 0 Å². The van der Waals surface area contributed by atoms with E-state index in [0.29, 0.717) is 17.0 Å². The summed E-state index contributed by atoms with van der Waals surface area (Å²) < 4.78 is 10.3. The Bertz CT molecular complexity index is 913. The molecule has 1 fully saturated rings. The van der Waals surface area contributed by atoms with E-state index in [-0.39, 0.29) is 11.8 Å². The van der Waals surface area contributed by atoms with Crippen LogP contribution in [0.4, 0.5) is 11.7 Å². The SMILES string of the molecule is COc1ccc(C(=O)Nc2cc(-c3ccc(N4CCCC4)nc3)no2)cc1. The molecule has 3 aromatic rings. The van der Waals surface area contributed by atoms with Crippen LogP contribution in [0.25, 0.3) is 11.3 Å². The van der Waals surface area contributed by atoms with Gasteiger partial charge in [0.1, 0.15) is 17.3 Å². The van der Waals surface area contributed by atoms with Gasteiger partial charge in [0.2, 0.25) is 5.88 Å². The number of hydrogen-bond acceptors (Lipinski definition) is 6. The fourth-order valence-electron chi connectivity index (χ4n) is 3.07. The Morgan fingerprint density at radius 3 is 2.59 bits per heavy atom. The molecule has 1 amide bonds. The lowest BCUT2D eigenvalue weighted by Crippen LogP contribution is -2.18. The van der Waals surface area contributed by atoms with E-state index in [9.17, 15) is 4.79 Å². The van der Waals surface area contributed by atoms with Crippen LogP contribution in [0.1, 0.15) is 23.2 Å².